The molecule has 0 aliphatic rings. The highest BCUT2D eigenvalue weighted by Crippen LogP contribution is 2.23. The quantitative estimate of drug-likeness (QED) is 0.892. The fourth-order valence-electron chi connectivity index (χ4n) is 1.56. The lowest BCUT2D eigenvalue weighted by molar-refractivity contribution is 0.545. The minimum Gasteiger partial charge on any atom is -0.460 e. The van der Waals surface area contributed by atoms with E-state index in [4.69, 9.17) is 4.42 Å². The summed E-state index contributed by atoms with van der Waals surface area (Å²) in [5.74, 6) is 1.71. The standard InChI is InChI=1S/C12H14BrN3O/c1-8(13)5-14-6-10-7-15-16-12(10)11-4-3-9(2)17-11/h3-4,7,14H,1,5-6H2,2H3,(H,15,16). The van der Waals surface area contributed by atoms with Gasteiger partial charge in [0.15, 0.2) is 5.76 Å². The van der Waals surface area contributed by atoms with Gasteiger partial charge in [0.25, 0.3) is 0 Å². The van der Waals surface area contributed by atoms with Crippen LogP contribution >= 0.6 is 15.9 Å². The summed E-state index contributed by atoms with van der Waals surface area (Å²) < 4.78 is 6.50. The first-order valence-electron chi connectivity index (χ1n) is 5.30. The van der Waals surface area contributed by atoms with Crippen molar-refractivity contribution in [3.8, 4) is 11.5 Å². The molecule has 2 aromatic heterocycles. The zero-order chi connectivity index (χ0) is 12.3. The molecule has 0 radical (unpaired) electrons. The van der Waals surface area contributed by atoms with Crippen LogP contribution in [0.4, 0.5) is 0 Å². The lowest BCUT2D eigenvalue weighted by Crippen LogP contribution is -2.14. The van der Waals surface area contributed by atoms with E-state index in [1.54, 1.807) is 6.20 Å². The minimum absolute atomic E-state index is 0.718. The molecule has 0 amide bonds. The molecule has 2 heterocycles. The summed E-state index contributed by atoms with van der Waals surface area (Å²) >= 11 is 3.31. The number of rotatable bonds is 5. The van der Waals surface area contributed by atoms with Crippen molar-refractivity contribution in [1.29, 1.82) is 0 Å². The summed E-state index contributed by atoms with van der Waals surface area (Å²) in [6.07, 6.45) is 1.80. The van der Waals surface area contributed by atoms with Gasteiger partial charge in [-0.1, -0.05) is 22.5 Å². The van der Waals surface area contributed by atoms with Crippen molar-refractivity contribution >= 4 is 15.9 Å². The van der Waals surface area contributed by atoms with Gasteiger partial charge in [-0.2, -0.15) is 5.10 Å². The van der Waals surface area contributed by atoms with Crippen LogP contribution in [0.5, 0.6) is 0 Å². The molecule has 0 spiro atoms. The highest BCUT2D eigenvalue weighted by atomic mass is 79.9. The second kappa shape index (κ2) is 5.33. The Balaban J connectivity index is 2.09. The van der Waals surface area contributed by atoms with Crippen molar-refractivity contribution < 1.29 is 4.42 Å². The van der Waals surface area contributed by atoms with E-state index in [-0.39, 0.29) is 0 Å². The smallest absolute Gasteiger partial charge is 0.152 e. The summed E-state index contributed by atoms with van der Waals surface area (Å²) in [6.45, 7) is 7.14. The maximum absolute atomic E-state index is 5.57. The largest absolute Gasteiger partial charge is 0.460 e. The number of aromatic nitrogens is 2. The molecule has 90 valence electrons. The second-order valence-electron chi connectivity index (χ2n) is 3.80. The van der Waals surface area contributed by atoms with E-state index >= 15 is 0 Å². The molecule has 2 rings (SSSR count). The number of nitrogens with one attached hydrogen (secondary N) is 2. The zero-order valence-corrected chi connectivity index (χ0v) is 11.2. The maximum Gasteiger partial charge on any atom is 0.152 e. The van der Waals surface area contributed by atoms with Gasteiger partial charge in [0.1, 0.15) is 11.5 Å². The second-order valence-corrected chi connectivity index (χ2v) is 4.92. The molecule has 17 heavy (non-hydrogen) atoms. The highest BCUT2D eigenvalue weighted by Gasteiger charge is 2.10. The van der Waals surface area contributed by atoms with E-state index in [2.05, 4.69) is 38.0 Å². The van der Waals surface area contributed by atoms with E-state index in [1.807, 2.05) is 19.1 Å². The Labute approximate surface area is 108 Å². The Morgan fingerprint density at radius 2 is 2.41 bits per heavy atom. The van der Waals surface area contributed by atoms with E-state index in [0.29, 0.717) is 0 Å². The van der Waals surface area contributed by atoms with Crippen LogP contribution in [0.25, 0.3) is 11.5 Å². The summed E-state index contributed by atoms with van der Waals surface area (Å²) in [6, 6.07) is 3.88. The number of hydrogen-bond donors (Lipinski definition) is 2. The normalized spacial score (nSPS) is 10.7. The van der Waals surface area contributed by atoms with Crippen LogP contribution in [0.2, 0.25) is 0 Å². The highest BCUT2D eigenvalue weighted by molar-refractivity contribution is 9.11. The van der Waals surface area contributed by atoms with E-state index in [0.717, 1.165) is 40.3 Å². The number of halogens is 1. The number of aryl methyl sites for hydroxylation is 1. The summed E-state index contributed by atoms with van der Waals surface area (Å²) in [7, 11) is 0. The predicted octanol–water partition coefficient (Wildman–Crippen LogP) is 2.98. The van der Waals surface area contributed by atoms with Crippen molar-refractivity contribution in [3.05, 3.63) is 40.7 Å². The van der Waals surface area contributed by atoms with E-state index in [9.17, 15) is 0 Å². The average Bonchev–Trinajstić information content (AvgIpc) is 2.86. The number of aromatic amines is 1. The van der Waals surface area contributed by atoms with Crippen LogP contribution in [0, 0.1) is 6.92 Å². The number of nitrogens with zero attached hydrogens (tertiary/aromatic N) is 1. The fraction of sp³-hybridized carbons (Fsp3) is 0.250. The molecule has 0 unspecified atom stereocenters. The van der Waals surface area contributed by atoms with Gasteiger partial charge in [-0.15, -0.1) is 0 Å². The van der Waals surface area contributed by atoms with Crippen LogP contribution in [-0.4, -0.2) is 16.7 Å². The first-order valence-corrected chi connectivity index (χ1v) is 6.09. The lowest BCUT2D eigenvalue weighted by atomic mass is 10.2. The Kier molecular flexibility index (Phi) is 3.81. The number of hydrogen-bond acceptors (Lipinski definition) is 3. The third kappa shape index (κ3) is 3.08. The van der Waals surface area contributed by atoms with Crippen LogP contribution in [0.1, 0.15) is 11.3 Å². The van der Waals surface area contributed by atoms with Crippen molar-refractivity contribution in [3.63, 3.8) is 0 Å². The zero-order valence-electron chi connectivity index (χ0n) is 9.59. The summed E-state index contributed by atoms with van der Waals surface area (Å²) in [5, 5.41) is 10.3. The monoisotopic (exact) mass is 295 g/mol. The fourth-order valence-corrected chi connectivity index (χ4v) is 1.76. The summed E-state index contributed by atoms with van der Waals surface area (Å²) in [4.78, 5) is 0. The molecule has 0 bridgehead atoms. The average molecular weight is 296 g/mol. The third-order valence-corrected chi connectivity index (χ3v) is 2.62. The van der Waals surface area contributed by atoms with Gasteiger partial charge in [-0.25, -0.2) is 0 Å². The minimum atomic E-state index is 0.718. The van der Waals surface area contributed by atoms with Gasteiger partial charge in [-0.05, 0) is 19.1 Å². The van der Waals surface area contributed by atoms with Crippen molar-refractivity contribution in [1.82, 2.24) is 15.5 Å². The molecule has 0 fully saturated rings. The Hall–Kier alpha value is -1.33. The first kappa shape index (κ1) is 12.1. The molecular formula is C12H14BrN3O. The number of H-pyrrole nitrogens is 1. The van der Waals surface area contributed by atoms with Gasteiger partial charge in [-0.3, -0.25) is 5.10 Å². The lowest BCUT2D eigenvalue weighted by Gasteiger charge is -2.03. The van der Waals surface area contributed by atoms with E-state index in [1.165, 1.54) is 0 Å². The number of furan rings is 1. The predicted molar refractivity (Wildman–Crippen MR) is 70.8 cm³/mol. The van der Waals surface area contributed by atoms with E-state index < -0.39 is 0 Å². The molecule has 2 N–H and O–H groups in total. The van der Waals surface area contributed by atoms with Crippen LogP contribution in [0.3, 0.4) is 0 Å². The molecular weight excluding hydrogens is 282 g/mol. The van der Waals surface area contributed by atoms with Gasteiger partial charge in [0.2, 0.25) is 0 Å². The van der Waals surface area contributed by atoms with Gasteiger partial charge in [0, 0.05) is 23.1 Å². The molecule has 0 atom stereocenters. The maximum atomic E-state index is 5.57. The molecule has 0 aromatic carbocycles. The van der Waals surface area contributed by atoms with Crippen LogP contribution < -0.4 is 5.32 Å². The third-order valence-electron chi connectivity index (χ3n) is 2.34. The molecule has 5 heteroatoms. The molecule has 0 aliphatic heterocycles. The topological polar surface area (TPSA) is 53.9 Å². The first-order chi connectivity index (χ1) is 8.16. The van der Waals surface area contributed by atoms with Gasteiger partial charge in [0.05, 0.1) is 6.20 Å². The Morgan fingerprint density at radius 3 is 3.06 bits per heavy atom. The Morgan fingerprint density at radius 1 is 1.59 bits per heavy atom. The summed E-state index contributed by atoms with van der Waals surface area (Å²) in [5.41, 5.74) is 2.00. The van der Waals surface area contributed by atoms with Gasteiger partial charge < -0.3 is 9.73 Å². The molecule has 0 aliphatic carbocycles. The van der Waals surface area contributed by atoms with Crippen LogP contribution in [-0.2, 0) is 6.54 Å². The van der Waals surface area contributed by atoms with Crippen molar-refractivity contribution in [2.45, 2.75) is 13.5 Å². The van der Waals surface area contributed by atoms with Crippen molar-refractivity contribution in [2.75, 3.05) is 6.54 Å². The molecule has 2 aromatic rings. The van der Waals surface area contributed by atoms with Crippen LogP contribution in [0.15, 0.2) is 33.8 Å². The molecule has 0 saturated heterocycles. The molecule has 4 nitrogen and oxygen atoms in total. The van der Waals surface area contributed by atoms with Gasteiger partial charge >= 0.3 is 0 Å². The van der Waals surface area contributed by atoms with Crippen molar-refractivity contribution in [2.24, 2.45) is 0 Å². The Bertz CT molecular complexity index is 515. The molecule has 0 saturated carbocycles. The SMILES string of the molecule is C=C(Br)CNCc1cn[nH]c1-c1ccc(C)o1.